The van der Waals surface area contributed by atoms with E-state index >= 15 is 0 Å². The Labute approximate surface area is 113 Å². The maximum absolute atomic E-state index is 12.1. The zero-order valence-electron chi connectivity index (χ0n) is 11.5. The van der Waals surface area contributed by atoms with Crippen molar-refractivity contribution < 1.29 is 4.79 Å². The molecule has 1 aliphatic heterocycles. The summed E-state index contributed by atoms with van der Waals surface area (Å²) in [7, 11) is 2.12. The summed E-state index contributed by atoms with van der Waals surface area (Å²) in [6.07, 6.45) is 4.29. The largest absolute Gasteiger partial charge is 0.346 e. The summed E-state index contributed by atoms with van der Waals surface area (Å²) in [6, 6.07) is 0.745. The Morgan fingerprint density at radius 2 is 2.21 bits per heavy atom. The summed E-state index contributed by atoms with van der Waals surface area (Å²) in [5.41, 5.74) is 0. The van der Waals surface area contributed by atoms with Crippen LogP contribution in [0.2, 0.25) is 0 Å². The van der Waals surface area contributed by atoms with Gasteiger partial charge in [0.2, 0.25) is 5.82 Å². The monoisotopic (exact) mass is 263 g/mol. The molecule has 6 nitrogen and oxygen atoms in total. The number of H-pyrrole nitrogens is 1. The van der Waals surface area contributed by atoms with E-state index in [2.05, 4.69) is 39.4 Å². The highest BCUT2D eigenvalue weighted by atomic mass is 16.2. The molecule has 2 fully saturated rings. The number of aromatic nitrogens is 3. The van der Waals surface area contributed by atoms with Crippen molar-refractivity contribution in [3.63, 3.8) is 0 Å². The number of nitrogens with zero attached hydrogens (tertiary/aromatic N) is 3. The smallest absolute Gasteiger partial charge is 0.291 e. The molecule has 0 radical (unpaired) electrons. The van der Waals surface area contributed by atoms with Gasteiger partial charge in [0.25, 0.3) is 5.91 Å². The van der Waals surface area contributed by atoms with Crippen LogP contribution < -0.4 is 5.32 Å². The maximum Gasteiger partial charge on any atom is 0.291 e. The fourth-order valence-corrected chi connectivity index (χ4v) is 2.59. The number of amides is 1. The Bertz CT molecular complexity index is 467. The lowest BCUT2D eigenvalue weighted by Gasteiger charge is -2.35. The van der Waals surface area contributed by atoms with E-state index in [-0.39, 0.29) is 17.8 Å². The van der Waals surface area contributed by atoms with E-state index in [0.29, 0.717) is 12.0 Å². The molecule has 2 unspecified atom stereocenters. The second-order valence-corrected chi connectivity index (χ2v) is 5.84. The van der Waals surface area contributed by atoms with Crippen LogP contribution in [0.15, 0.2) is 0 Å². The van der Waals surface area contributed by atoms with Gasteiger partial charge in [0.05, 0.1) is 0 Å². The van der Waals surface area contributed by atoms with Crippen LogP contribution in [-0.2, 0) is 0 Å². The first-order valence-corrected chi connectivity index (χ1v) is 7.07. The summed E-state index contributed by atoms with van der Waals surface area (Å²) in [5.74, 6) is 1.50. The fourth-order valence-electron chi connectivity index (χ4n) is 2.59. The van der Waals surface area contributed by atoms with Gasteiger partial charge < -0.3 is 10.2 Å². The van der Waals surface area contributed by atoms with Gasteiger partial charge in [-0.25, -0.2) is 4.98 Å². The minimum Gasteiger partial charge on any atom is -0.346 e. The number of piperidine rings is 1. The Kier molecular flexibility index (Phi) is 3.26. The van der Waals surface area contributed by atoms with Crippen LogP contribution in [0.4, 0.5) is 0 Å². The Hall–Kier alpha value is -1.43. The topological polar surface area (TPSA) is 73.9 Å². The molecule has 1 aromatic heterocycles. The molecule has 2 N–H and O–H groups in total. The summed E-state index contributed by atoms with van der Waals surface area (Å²) < 4.78 is 0. The van der Waals surface area contributed by atoms with Gasteiger partial charge in [-0.15, -0.1) is 5.10 Å². The van der Waals surface area contributed by atoms with Gasteiger partial charge in [0.15, 0.2) is 0 Å². The van der Waals surface area contributed by atoms with Crippen molar-refractivity contribution in [2.75, 3.05) is 13.6 Å². The maximum atomic E-state index is 12.1. The van der Waals surface area contributed by atoms with E-state index in [1.54, 1.807) is 0 Å². The lowest BCUT2D eigenvalue weighted by Crippen LogP contribution is -2.47. The van der Waals surface area contributed by atoms with Crippen LogP contribution in [0.25, 0.3) is 0 Å². The molecule has 3 rings (SSSR count). The predicted octanol–water partition coefficient (Wildman–Crippen LogP) is 0.895. The summed E-state index contributed by atoms with van der Waals surface area (Å²) >= 11 is 0. The van der Waals surface area contributed by atoms with E-state index in [1.807, 2.05) is 0 Å². The number of carbonyl (C=O) groups excluding carboxylic acids is 1. The van der Waals surface area contributed by atoms with Gasteiger partial charge in [-0.1, -0.05) is 0 Å². The average Bonchev–Trinajstić information content (AvgIpc) is 3.11. The molecule has 0 aromatic carbocycles. The molecule has 1 amide bonds. The minimum absolute atomic E-state index is 0.148. The summed E-state index contributed by atoms with van der Waals surface area (Å²) in [4.78, 5) is 18.7. The molecule has 19 heavy (non-hydrogen) atoms. The standard InChI is InChI=1S/C13H21N5O/c1-8-7-10(5-6-18(8)2)14-13(19)12-15-11(16-17-12)9-3-4-9/h8-10H,3-7H2,1-2H3,(H,14,19)(H,15,16,17). The van der Waals surface area contributed by atoms with E-state index < -0.39 is 0 Å². The molecule has 6 heteroatoms. The Balaban J connectivity index is 1.58. The van der Waals surface area contributed by atoms with Crippen molar-refractivity contribution in [2.24, 2.45) is 0 Å². The molecular formula is C13H21N5O. The summed E-state index contributed by atoms with van der Waals surface area (Å²) in [5, 5.41) is 9.94. The van der Waals surface area contributed by atoms with Crippen LogP contribution in [0.1, 0.15) is 55.0 Å². The summed E-state index contributed by atoms with van der Waals surface area (Å²) in [6.45, 7) is 3.21. The van der Waals surface area contributed by atoms with Crippen LogP contribution in [-0.4, -0.2) is 51.7 Å². The number of rotatable bonds is 3. The van der Waals surface area contributed by atoms with Gasteiger partial charge in [-0.2, -0.15) is 0 Å². The SMILES string of the molecule is CC1CC(NC(=O)c2n[nH]c(C3CC3)n2)CCN1C. The first kappa shape index (κ1) is 12.6. The van der Waals surface area contributed by atoms with Crippen LogP contribution >= 0.6 is 0 Å². The lowest BCUT2D eigenvalue weighted by molar-refractivity contribution is 0.0886. The molecule has 2 aliphatic rings. The van der Waals surface area contributed by atoms with E-state index in [1.165, 1.54) is 0 Å². The van der Waals surface area contributed by atoms with Crippen LogP contribution in [0, 0.1) is 0 Å². The highest BCUT2D eigenvalue weighted by Gasteiger charge is 2.29. The van der Waals surface area contributed by atoms with Crippen molar-refractivity contribution in [3.8, 4) is 0 Å². The number of hydrogen-bond acceptors (Lipinski definition) is 4. The second-order valence-electron chi connectivity index (χ2n) is 5.84. The zero-order valence-corrected chi connectivity index (χ0v) is 11.5. The third kappa shape index (κ3) is 2.78. The van der Waals surface area contributed by atoms with Gasteiger partial charge in [-0.3, -0.25) is 9.89 Å². The quantitative estimate of drug-likeness (QED) is 0.849. The van der Waals surface area contributed by atoms with E-state index in [0.717, 1.165) is 38.1 Å². The van der Waals surface area contributed by atoms with Gasteiger partial charge in [0.1, 0.15) is 5.82 Å². The molecule has 1 saturated heterocycles. The number of likely N-dealkylation sites (tertiary alicyclic amines) is 1. The van der Waals surface area contributed by atoms with Gasteiger partial charge in [0, 0.05) is 24.5 Å². The first-order valence-electron chi connectivity index (χ1n) is 7.07. The van der Waals surface area contributed by atoms with Gasteiger partial charge >= 0.3 is 0 Å². The zero-order chi connectivity index (χ0) is 13.4. The molecule has 0 bridgehead atoms. The van der Waals surface area contributed by atoms with Crippen molar-refractivity contribution >= 4 is 5.91 Å². The number of carbonyl (C=O) groups is 1. The second kappa shape index (κ2) is 4.92. The molecule has 0 spiro atoms. The lowest BCUT2D eigenvalue weighted by atomic mass is 9.99. The van der Waals surface area contributed by atoms with Crippen molar-refractivity contribution in [2.45, 2.75) is 50.6 Å². The average molecular weight is 263 g/mol. The third-order valence-corrected chi connectivity index (χ3v) is 4.21. The van der Waals surface area contributed by atoms with E-state index in [9.17, 15) is 4.79 Å². The molecule has 1 aliphatic carbocycles. The fraction of sp³-hybridized carbons (Fsp3) is 0.769. The Morgan fingerprint density at radius 3 is 2.89 bits per heavy atom. The number of nitrogens with one attached hydrogen (secondary N) is 2. The molecule has 104 valence electrons. The number of hydrogen-bond donors (Lipinski definition) is 2. The van der Waals surface area contributed by atoms with Crippen LogP contribution in [0.5, 0.6) is 0 Å². The molecule has 2 heterocycles. The molecule has 1 saturated carbocycles. The molecule has 2 atom stereocenters. The van der Waals surface area contributed by atoms with Crippen molar-refractivity contribution in [1.82, 2.24) is 25.4 Å². The Morgan fingerprint density at radius 1 is 1.42 bits per heavy atom. The highest BCUT2D eigenvalue weighted by molar-refractivity contribution is 5.90. The minimum atomic E-state index is -0.148. The van der Waals surface area contributed by atoms with Crippen LogP contribution in [0.3, 0.4) is 0 Å². The van der Waals surface area contributed by atoms with Crippen molar-refractivity contribution in [3.05, 3.63) is 11.6 Å². The molecular weight excluding hydrogens is 242 g/mol. The third-order valence-electron chi connectivity index (χ3n) is 4.21. The van der Waals surface area contributed by atoms with E-state index in [4.69, 9.17) is 0 Å². The predicted molar refractivity (Wildman–Crippen MR) is 70.9 cm³/mol. The highest BCUT2D eigenvalue weighted by Crippen LogP contribution is 2.37. The molecule has 1 aromatic rings. The first-order chi connectivity index (χ1) is 9.13. The van der Waals surface area contributed by atoms with Gasteiger partial charge in [-0.05, 0) is 39.7 Å². The normalized spacial score (nSPS) is 28.3. The van der Waals surface area contributed by atoms with Crippen molar-refractivity contribution in [1.29, 1.82) is 0 Å². The number of aromatic amines is 1.